The normalized spacial score (nSPS) is 13.1. The quantitative estimate of drug-likeness (QED) is 0.585. The molecule has 2 aromatic rings. The number of nitrogen functional groups attached to an aromatic ring is 1. The molecule has 0 fully saturated rings. The van der Waals surface area contributed by atoms with Crippen molar-refractivity contribution in [3.63, 3.8) is 0 Å². The lowest BCUT2D eigenvalue weighted by Gasteiger charge is -2.19. The largest absolute Gasteiger partial charge is 0.507 e. The van der Waals surface area contributed by atoms with Crippen molar-refractivity contribution in [2.75, 3.05) is 5.73 Å². The second kappa shape index (κ2) is 3.43. The lowest BCUT2D eigenvalue weighted by Crippen LogP contribution is -2.22. The van der Waals surface area contributed by atoms with E-state index < -0.39 is 0 Å². The zero-order valence-electron chi connectivity index (χ0n) is 9.31. The maximum Gasteiger partial charge on any atom is 0.198 e. The summed E-state index contributed by atoms with van der Waals surface area (Å²) >= 11 is 0. The zero-order chi connectivity index (χ0) is 12.9. The van der Waals surface area contributed by atoms with Crippen molar-refractivity contribution in [1.82, 2.24) is 0 Å². The molecule has 0 amide bonds. The van der Waals surface area contributed by atoms with E-state index in [2.05, 4.69) is 0 Å². The molecule has 18 heavy (non-hydrogen) atoms. The first-order chi connectivity index (χ1) is 8.61. The van der Waals surface area contributed by atoms with Crippen LogP contribution >= 0.6 is 0 Å². The van der Waals surface area contributed by atoms with Crippen LogP contribution in [0.2, 0.25) is 0 Å². The van der Waals surface area contributed by atoms with Crippen molar-refractivity contribution in [1.29, 1.82) is 0 Å². The Hall–Kier alpha value is -2.62. The Kier molecular flexibility index (Phi) is 2.01. The molecule has 0 bridgehead atoms. The molecule has 0 unspecified atom stereocenters. The first-order valence-electron chi connectivity index (χ1n) is 5.41. The van der Waals surface area contributed by atoms with Crippen LogP contribution in [0.15, 0.2) is 36.4 Å². The molecule has 0 radical (unpaired) electrons. The lowest BCUT2D eigenvalue weighted by atomic mass is 9.83. The molecule has 0 aliphatic heterocycles. The molecule has 0 spiro atoms. The maximum absolute atomic E-state index is 12.3. The van der Waals surface area contributed by atoms with Crippen LogP contribution < -0.4 is 5.73 Å². The molecule has 4 nitrogen and oxygen atoms in total. The topological polar surface area (TPSA) is 80.4 Å². The first kappa shape index (κ1) is 10.5. The number of ketones is 2. The molecule has 0 heterocycles. The molecule has 0 saturated heterocycles. The molecule has 4 heteroatoms. The SMILES string of the molecule is Nc1cccc2c1C(=O)c1cccc(O)c1C2=O. The van der Waals surface area contributed by atoms with E-state index in [-0.39, 0.29) is 45.3 Å². The monoisotopic (exact) mass is 239 g/mol. The minimum Gasteiger partial charge on any atom is -0.507 e. The smallest absolute Gasteiger partial charge is 0.198 e. The fourth-order valence-corrected chi connectivity index (χ4v) is 2.25. The van der Waals surface area contributed by atoms with E-state index in [4.69, 9.17) is 5.73 Å². The zero-order valence-corrected chi connectivity index (χ0v) is 9.31. The summed E-state index contributed by atoms with van der Waals surface area (Å²) in [4.78, 5) is 24.5. The van der Waals surface area contributed by atoms with Gasteiger partial charge in [-0.05, 0) is 12.1 Å². The Morgan fingerprint density at radius 1 is 0.833 bits per heavy atom. The van der Waals surface area contributed by atoms with E-state index in [1.54, 1.807) is 18.2 Å². The molecule has 1 aliphatic carbocycles. The number of carbonyl (C=O) groups is 2. The van der Waals surface area contributed by atoms with Crippen LogP contribution in [0.25, 0.3) is 0 Å². The molecule has 88 valence electrons. The van der Waals surface area contributed by atoms with Gasteiger partial charge in [0.05, 0.1) is 11.1 Å². The third-order valence-electron chi connectivity index (χ3n) is 3.08. The van der Waals surface area contributed by atoms with Gasteiger partial charge in [0.15, 0.2) is 11.6 Å². The van der Waals surface area contributed by atoms with Gasteiger partial charge in [-0.2, -0.15) is 0 Å². The number of phenols is 1. The van der Waals surface area contributed by atoms with Gasteiger partial charge >= 0.3 is 0 Å². The maximum atomic E-state index is 12.3. The summed E-state index contributed by atoms with van der Waals surface area (Å²) in [5, 5.41) is 9.74. The summed E-state index contributed by atoms with van der Waals surface area (Å²) in [5.74, 6) is -0.877. The molecular formula is C14H9NO3. The van der Waals surface area contributed by atoms with E-state index in [9.17, 15) is 14.7 Å². The summed E-state index contributed by atoms with van der Waals surface area (Å²) in [7, 11) is 0. The lowest BCUT2D eigenvalue weighted by molar-refractivity contribution is 0.0977. The minimum atomic E-state index is -0.370. The fourth-order valence-electron chi connectivity index (χ4n) is 2.25. The van der Waals surface area contributed by atoms with Gasteiger partial charge in [-0.1, -0.05) is 24.3 Å². The summed E-state index contributed by atoms with van der Waals surface area (Å²) in [6, 6.07) is 9.18. The highest BCUT2D eigenvalue weighted by atomic mass is 16.3. The van der Waals surface area contributed by atoms with E-state index in [0.717, 1.165) is 0 Å². The Morgan fingerprint density at radius 2 is 1.39 bits per heavy atom. The number of fused-ring (bicyclic) bond motifs is 2. The third kappa shape index (κ3) is 1.20. The molecule has 1 aliphatic rings. The van der Waals surface area contributed by atoms with E-state index in [1.807, 2.05) is 0 Å². The second-order valence-electron chi connectivity index (χ2n) is 4.13. The van der Waals surface area contributed by atoms with Gasteiger partial charge in [-0.3, -0.25) is 9.59 Å². The number of rotatable bonds is 0. The van der Waals surface area contributed by atoms with Gasteiger partial charge < -0.3 is 10.8 Å². The van der Waals surface area contributed by atoms with Gasteiger partial charge in [0.25, 0.3) is 0 Å². The Morgan fingerprint density at radius 3 is 2.11 bits per heavy atom. The number of hydrogen-bond acceptors (Lipinski definition) is 4. The van der Waals surface area contributed by atoms with Crippen molar-refractivity contribution in [2.24, 2.45) is 0 Å². The van der Waals surface area contributed by atoms with Crippen molar-refractivity contribution >= 4 is 17.3 Å². The summed E-state index contributed by atoms with van der Waals surface area (Å²) in [6.45, 7) is 0. The van der Waals surface area contributed by atoms with E-state index in [1.165, 1.54) is 18.2 Å². The van der Waals surface area contributed by atoms with Crippen molar-refractivity contribution < 1.29 is 14.7 Å². The highest BCUT2D eigenvalue weighted by Crippen LogP contribution is 2.34. The minimum absolute atomic E-state index is 0.0561. The molecule has 3 N–H and O–H groups in total. The third-order valence-corrected chi connectivity index (χ3v) is 3.08. The molecule has 0 saturated carbocycles. The molecule has 2 aromatic carbocycles. The number of hydrogen-bond donors (Lipinski definition) is 2. The molecule has 0 atom stereocenters. The van der Waals surface area contributed by atoms with Gasteiger partial charge in [0.1, 0.15) is 5.75 Å². The molecule has 3 rings (SSSR count). The number of aromatic hydroxyl groups is 1. The predicted molar refractivity (Wildman–Crippen MR) is 65.8 cm³/mol. The van der Waals surface area contributed by atoms with Crippen LogP contribution in [-0.2, 0) is 0 Å². The van der Waals surface area contributed by atoms with Crippen LogP contribution in [-0.4, -0.2) is 16.7 Å². The van der Waals surface area contributed by atoms with Crippen LogP contribution in [0.5, 0.6) is 5.75 Å². The number of nitrogens with two attached hydrogens (primary N) is 1. The Bertz CT molecular complexity index is 643. The number of phenolic OH excluding ortho intramolecular Hbond substituents is 1. The number of anilines is 1. The first-order valence-corrected chi connectivity index (χ1v) is 5.41. The summed E-state index contributed by atoms with van der Waals surface area (Å²) < 4.78 is 0. The fraction of sp³-hybridized carbons (Fsp3) is 0. The van der Waals surface area contributed by atoms with Gasteiger partial charge in [-0.25, -0.2) is 0 Å². The predicted octanol–water partition coefficient (Wildman–Crippen LogP) is 1.75. The van der Waals surface area contributed by atoms with Crippen LogP contribution in [0, 0.1) is 0 Å². The summed E-state index contributed by atoms with van der Waals surface area (Å²) in [5.41, 5.74) is 6.75. The average molecular weight is 239 g/mol. The molecular weight excluding hydrogens is 230 g/mol. The van der Waals surface area contributed by atoms with Crippen LogP contribution in [0.1, 0.15) is 31.8 Å². The summed E-state index contributed by atoms with van der Waals surface area (Å²) in [6.07, 6.45) is 0. The van der Waals surface area contributed by atoms with E-state index >= 15 is 0 Å². The number of benzene rings is 2. The second-order valence-corrected chi connectivity index (χ2v) is 4.13. The van der Waals surface area contributed by atoms with Gasteiger partial charge in [-0.15, -0.1) is 0 Å². The Balaban J connectivity index is 2.40. The highest BCUT2D eigenvalue weighted by molar-refractivity contribution is 6.30. The average Bonchev–Trinajstić information content (AvgIpc) is 2.35. The van der Waals surface area contributed by atoms with Crippen molar-refractivity contribution in [3.8, 4) is 5.75 Å². The number of carbonyl (C=O) groups excluding carboxylic acids is 2. The van der Waals surface area contributed by atoms with Crippen molar-refractivity contribution in [2.45, 2.75) is 0 Å². The Labute approximate surface area is 103 Å². The van der Waals surface area contributed by atoms with Crippen LogP contribution in [0.3, 0.4) is 0 Å². The highest BCUT2D eigenvalue weighted by Gasteiger charge is 2.32. The standard InChI is InChI=1S/C14H9NO3/c15-9-5-1-3-7-11(9)13(17)8-4-2-6-10(16)12(8)14(7)18/h1-6,16H,15H2. The molecule has 0 aromatic heterocycles. The van der Waals surface area contributed by atoms with Gasteiger partial charge in [0.2, 0.25) is 0 Å². The van der Waals surface area contributed by atoms with Gasteiger partial charge in [0, 0.05) is 16.8 Å². The van der Waals surface area contributed by atoms with Crippen LogP contribution in [0.4, 0.5) is 5.69 Å². The van der Waals surface area contributed by atoms with Crippen molar-refractivity contribution in [3.05, 3.63) is 58.7 Å². The van der Waals surface area contributed by atoms with E-state index in [0.29, 0.717) is 0 Å².